The Morgan fingerprint density at radius 3 is 2.47 bits per heavy atom. The Balaban J connectivity index is 2.01. The highest BCUT2D eigenvalue weighted by Crippen LogP contribution is 2.30. The van der Waals surface area contributed by atoms with Gasteiger partial charge >= 0.3 is 12.3 Å². The highest BCUT2D eigenvalue weighted by molar-refractivity contribution is 5.98. The topological polar surface area (TPSA) is 91.6 Å². The van der Waals surface area contributed by atoms with E-state index in [2.05, 4.69) is 10.1 Å². The van der Waals surface area contributed by atoms with Gasteiger partial charge in [0.25, 0.3) is 11.7 Å². The van der Waals surface area contributed by atoms with Crippen molar-refractivity contribution in [1.82, 2.24) is 24.6 Å². The number of carbonyl (C=O) groups excluding carboxylic acids is 1. The minimum absolute atomic E-state index is 0.0401. The molecule has 1 aromatic heterocycles. The summed E-state index contributed by atoms with van der Waals surface area (Å²) in [6, 6.07) is 4.45. The first-order valence-corrected chi connectivity index (χ1v) is 11.1. The summed E-state index contributed by atoms with van der Waals surface area (Å²) in [6.07, 6.45) is -3.26. The molecule has 1 N–H and O–H groups in total. The Morgan fingerprint density at radius 2 is 1.91 bits per heavy atom. The van der Waals surface area contributed by atoms with Crippen LogP contribution in [0.3, 0.4) is 0 Å². The number of piperidine rings is 1. The predicted octanol–water partition coefficient (Wildman–Crippen LogP) is 4.61. The van der Waals surface area contributed by atoms with E-state index in [-0.39, 0.29) is 35.7 Å². The number of halogens is 3. The normalized spacial score (nSPS) is 19.2. The molecule has 1 aliphatic heterocycles. The van der Waals surface area contributed by atoms with Gasteiger partial charge < -0.3 is 14.9 Å². The predicted molar refractivity (Wildman–Crippen MR) is 119 cm³/mol. The summed E-state index contributed by atoms with van der Waals surface area (Å²) in [7, 11) is 0. The van der Waals surface area contributed by atoms with E-state index >= 15 is 0 Å². The third-order valence-electron chi connectivity index (χ3n) is 6.16. The summed E-state index contributed by atoms with van der Waals surface area (Å²) >= 11 is 0. The molecule has 186 valence electrons. The Bertz CT molecular complexity index is 1060. The molecule has 11 heteroatoms. The van der Waals surface area contributed by atoms with Crippen molar-refractivity contribution in [1.29, 1.82) is 0 Å². The summed E-state index contributed by atoms with van der Waals surface area (Å²) in [5.41, 5.74) is 0.463. The number of benzene rings is 1. The average molecular weight is 482 g/mol. The van der Waals surface area contributed by atoms with E-state index < -0.39 is 23.6 Å². The zero-order chi connectivity index (χ0) is 25.4. The van der Waals surface area contributed by atoms with Crippen LogP contribution in [0.25, 0.3) is 5.69 Å². The molecule has 8 nitrogen and oxygen atoms in total. The van der Waals surface area contributed by atoms with Crippen molar-refractivity contribution in [3.8, 4) is 5.69 Å². The van der Waals surface area contributed by atoms with Crippen LogP contribution in [0.1, 0.15) is 62.3 Å². The first kappa shape index (κ1) is 25.5. The fraction of sp³-hybridized carbons (Fsp3) is 0.565. The minimum Gasteiger partial charge on any atom is -0.465 e. The number of aryl methyl sites for hydroxylation is 1. The lowest BCUT2D eigenvalue weighted by Gasteiger charge is -2.44. The number of alkyl halides is 3. The van der Waals surface area contributed by atoms with Crippen molar-refractivity contribution >= 4 is 12.0 Å². The lowest BCUT2D eigenvalue weighted by atomic mass is 9.88. The van der Waals surface area contributed by atoms with Crippen molar-refractivity contribution in [2.75, 3.05) is 13.1 Å². The minimum atomic E-state index is -4.71. The average Bonchev–Trinajstić information content (AvgIpc) is 3.21. The van der Waals surface area contributed by atoms with E-state index in [0.29, 0.717) is 6.54 Å². The van der Waals surface area contributed by atoms with E-state index in [4.69, 9.17) is 0 Å². The third-order valence-corrected chi connectivity index (χ3v) is 6.16. The van der Waals surface area contributed by atoms with Crippen LogP contribution in [0, 0.1) is 12.8 Å². The second-order valence-electron chi connectivity index (χ2n) is 9.78. The number of carbonyl (C=O) groups is 2. The molecule has 1 aromatic carbocycles. The van der Waals surface area contributed by atoms with Gasteiger partial charge in [0.2, 0.25) is 0 Å². The third kappa shape index (κ3) is 5.34. The lowest BCUT2D eigenvalue weighted by Crippen LogP contribution is -2.57. The van der Waals surface area contributed by atoms with E-state index in [0.717, 1.165) is 29.4 Å². The standard InChI is InChI=1S/C23H30F3N5O3/c1-14-8-9-17(31-13-27-20(28-31)23(24,25)26)16(11-14)19(32)29-10-6-7-15(2)18(29)12-30(21(33)34)22(3,4)5/h8-9,11,13,15,18H,6-7,10,12H2,1-5H3,(H,33,34)/t15-,18-/m1/s1. The maximum absolute atomic E-state index is 13.8. The second kappa shape index (κ2) is 9.27. The Morgan fingerprint density at radius 1 is 1.24 bits per heavy atom. The molecular formula is C23H30F3N5O3. The zero-order valence-corrected chi connectivity index (χ0v) is 19.9. The van der Waals surface area contributed by atoms with Gasteiger partial charge in [-0.2, -0.15) is 13.2 Å². The molecule has 1 aliphatic rings. The van der Waals surface area contributed by atoms with E-state index in [9.17, 15) is 27.9 Å². The summed E-state index contributed by atoms with van der Waals surface area (Å²) in [5.74, 6) is -1.63. The number of hydrogen-bond donors (Lipinski definition) is 1. The molecule has 0 unspecified atom stereocenters. The van der Waals surface area contributed by atoms with Gasteiger partial charge in [0.15, 0.2) is 0 Å². The molecule has 1 fully saturated rings. The van der Waals surface area contributed by atoms with Crippen LogP contribution in [0.15, 0.2) is 24.5 Å². The van der Waals surface area contributed by atoms with Gasteiger partial charge in [-0.3, -0.25) is 4.79 Å². The number of likely N-dealkylation sites (tertiary alicyclic amines) is 1. The molecule has 0 bridgehead atoms. The molecular weight excluding hydrogens is 451 g/mol. The van der Waals surface area contributed by atoms with Crippen LogP contribution < -0.4 is 0 Å². The first-order valence-electron chi connectivity index (χ1n) is 11.1. The fourth-order valence-corrected chi connectivity index (χ4v) is 4.29. The highest BCUT2D eigenvalue weighted by Gasteiger charge is 2.39. The molecule has 1 saturated heterocycles. The largest absolute Gasteiger partial charge is 0.465 e. The maximum atomic E-state index is 13.8. The van der Waals surface area contributed by atoms with Crippen LogP contribution >= 0.6 is 0 Å². The molecule has 34 heavy (non-hydrogen) atoms. The van der Waals surface area contributed by atoms with Gasteiger partial charge in [0.1, 0.15) is 6.33 Å². The van der Waals surface area contributed by atoms with Crippen molar-refractivity contribution in [3.63, 3.8) is 0 Å². The quantitative estimate of drug-likeness (QED) is 0.689. The van der Waals surface area contributed by atoms with Crippen molar-refractivity contribution < 1.29 is 27.9 Å². The van der Waals surface area contributed by atoms with Crippen LogP contribution in [0.5, 0.6) is 0 Å². The maximum Gasteiger partial charge on any atom is 0.453 e. The molecule has 0 radical (unpaired) electrons. The molecule has 2 atom stereocenters. The fourth-order valence-electron chi connectivity index (χ4n) is 4.29. The van der Waals surface area contributed by atoms with Gasteiger partial charge in [0.05, 0.1) is 17.3 Å². The monoisotopic (exact) mass is 481 g/mol. The van der Waals surface area contributed by atoms with Gasteiger partial charge in [0, 0.05) is 18.6 Å². The van der Waals surface area contributed by atoms with E-state index in [1.165, 1.54) is 4.90 Å². The SMILES string of the molecule is Cc1ccc(-n2cnc(C(F)(F)F)n2)c(C(=O)N2CCC[C@@H](C)[C@H]2CN(C(=O)O)C(C)(C)C)c1. The van der Waals surface area contributed by atoms with Gasteiger partial charge in [-0.05, 0) is 58.6 Å². The molecule has 0 saturated carbocycles. The highest BCUT2D eigenvalue weighted by atomic mass is 19.4. The van der Waals surface area contributed by atoms with Gasteiger partial charge in [-0.1, -0.05) is 18.6 Å². The summed E-state index contributed by atoms with van der Waals surface area (Å²) < 4.78 is 40.1. The number of nitrogens with zero attached hydrogens (tertiary/aromatic N) is 5. The molecule has 0 spiro atoms. The molecule has 0 aliphatic carbocycles. The van der Waals surface area contributed by atoms with Gasteiger partial charge in [-0.25, -0.2) is 14.5 Å². The van der Waals surface area contributed by atoms with Crippen molar-refractivity contribution in [2.24, 2.45) is 5.92 Å². The number of amides is 2. The Hall–Kier alpha value is -3.11. The summed E-state index contributed by atoms with van der Waals surface area (Å²) in [6.45, 7) is 9.70. The summed E-state index contributed by atoms with van der Waals surface area (Å²) in [5, 5.41) is 13.3. The van der Waals surface area contributed by atoms with Crippen molar-refractivity contribution in [3.05, 3.63) is 41.5 Å². The Labute approximate surface area is 196 Å². The number of carboxylic acid groups (broad SMARTS) is 1. The molecule has 2 heterocycles. The molecule has 2 aromatic rings. The summed E-state index contributed by atoms with van der Waals surface area (Å²) in [4.78, 5) is 32.0. The van der Waals surface area contributed by atoms with Crippen LogP contribution in [-0.2, 0) is 6.18 Å². The van der Waals surface area contributed by atoms with Gasteiger partial charge in [-0.15, -0.1) is 5.10 Å². The second-order valence-corrected chi connectivity index (χ2v) is 9.78. The smallest absolute Gasteiger partial charge is 0.453 e. The zero-order valence-electron chi connectivity index (χ0n) is 19.9. The molecule has 2 amide bonds. The van der Waals surface area contributed by atoms with Crippen LogP contribution in [-0.4, -0.2) is 66.3 Å². The van der Waals surface area contributed by atoms with Crippen LogP contribution in [0.2, 0.25) is 0 Å². The first-order chi connectivity index (χ1) is 15.7. The Kier molecular flexibility index (Phi) is 6.95. The van der Waals surface area contributed by atoms with E-state index in [1.807, 2.05) is 6.92 Å². The van der Waals surface area contributed by atoms with Crippen LogP contribution in [0.4, 0.5) is 18.0 Å². The van der Waals surface area contributed by atoms with Crippen molar-refractivity contribution in [2.45, 2.75) is 65.2 Å². The van der Waals surface area contributed by atoms with E-state index in [1.54, 1.807) is 50.8 Å². The number of aromatic nitrogens is 3. The number of rotatable bonds is 4. The molecule has 3 rings (SSSR count). The number of hydrogen-bond acceptors (Lipinski definition) is 4. The lowest BCUT2D eigenvalue weighted by molar-refractivity contribution is -0.144.